The van der Waals surface area contributed by atoms with Gasteiger partial charge >= 0.3 is 0 Å². The molecule has 1 rings (SSSR count). The molecule has 0 radical (unpaired) electrons. The molecular formula is C16H34N2. The first-order valence-corrected chi connectivity index (χ1v) is 8.28. The van der Waals surface area contributed by atoms with Crippen molar-refractivity contribution in [3.05, 3.63) is 0 Å². The van der Waals surface area contributed by atoms with Gasteiger partial charge in [-0.1, -0.05) is 33.6 Å². The van der Waals surface area contributed by atoms with Gasteiger partial charge in [-0.15, -0.1) is 0 Å². The van der Waals surface area contributed by atoms with Crippen LogP contribution in [-0.4, -0.2) is 37.1 Å². The summed E-state index contributed by atoms with van der Waals surface area (Å²) in [5.41, 5.74) is 0. The van der Waals surface area contributed by atoms with Gasteiger partial charge < -0.3 is 10.2 Å². The number of hydrogen-bond donors (Lipinski definition) is 1. The molecule has 1 N–H and O–H groups in total. The molecule has 0 saturated heterocycles. The summed E-state index contributed by atoms with van der Waals surface area (Å²) in [5.74, 6) is 0.922. The molecular weight excluding hydrogens is 220 g/mol. The third kappa shape index (κ3) is 5.27. The van der Waals surface area contributed by atoms with Gasteiger partial charge in [0, 0.05) is 6.04 Å². The first-order valence-electron chi connectivity index (χ1n) is 8.28. The highest BCUT2D eigenvalue weighted by atomic mass is 15.2. The smallest absolute Gasteiger partial charge is 0.0136 e. The van der Waals surface area contributed by atoms with Gasteiger partial charge in [-0.3, -0.25) is 0 Å². The highest BCUT2D eigenvalue weighted by molar-refractivity contribution is 4.90. The van der Waals surface area contributed by atoms with Crippen molar-refractivity contribution in [2.24, 2.45) is 5.92 Å². The second-order valence-electron chi connectivity index (χ2n) is 5.85. The minimum Gasteiger partial charge on any atom is -0.316 e. The minimum atomic E-state index is 0.882. The summed E-state index contributed by atoms with van der Waals surface area (Å²) in [6.07, 6.45) is 9.53. The molecule has 0 aromatic carbocycles. The van der Waals surface area contributed by atoms with Gasteiger partial charge in [0.1, 0.15) is 0 Å². The quantitative estimate of drug-likeness (QED) is 0.566. The Morgan fingerprint density at radius 3 is 2.06 bits per heavy atom. The highest BCUT2D eigenvalue weighted by Gasteiger charge is 2.34. The largest absolute Gasteiger partial charge is 0.316 e. The monoisotopic (exact) mass is 254 g/mol. The van der Waals surface area contributed by atoms with E-state index in [1.54, 1.807) is 0 Å². The van der Waals surface area contributed by atoms with Crippen LogP contribution in [0.5, 0.6) is 0 Å². The number of hydrogen-bond acceptors (Lipinski definition) is 2. The highest BCUT2D eigenvalue weighted by Crippen LogP contribution is 2.32. The first kappa shape index (κ1) is 16.0. The average molecular weight is 254 g/mol. The van der Waals surface area contributed by atoms with E-state index in [1.807, 2.05) is 0 Å². The molecule has 1 fully saturated rings. The molecule has 18 heavy (non-hydrogen) atoms. The van der Waals surface area contributed by atoms with Gasteiger partial charge in [0.25, 0.3) is 0 Å². The fourth-order valence-electron chi connectivity index (χ4n) is 2.90. The average Bonchev–Trinajstić information content (AvgIpc) is 2.36. The Balaban J connectivity index is 2.30. The first-order chi connectivity index (χ1) is 8.83. The van der Waals surface area contributed by atoms with Crippen molar-refractivity contribution in [3.63, 3.8) is 0 Å². The van der Waals surface area contributed by atoms with Crippen LogP contribution in [0.15, 0.2) is 0 Å². The Kier molecular flexibility index (Phi) is 8.70. The fraction of sp³-hybridized carbons (Fsp3) is 1.00. The van der Waals surface area contributed by atoms with E-state index < -0.39 is 0 Å². The lowest BCUT2D eigenvalue weighted by Crippen LogP contribution is -2.51. The lowest BCUT2D eigenvalue weighted by Gasteiger charge is -2.45. The van der Waals surface area contributed by atoms with Crippen LogP contribution < -0.4 is 5.32 Å². The van der Waals surface area contributed by atoms with Crippen LogP contribution in [0.3, 0.4) is 0 Å². The van der Waals surface area contributed by atoms with E-state index in [4.69, 9.17) is 0 Å². The van der Waals surface area contributed by atoms with Crippen LogP contribution >= 0.6 is 0 Å². The molecule has 2 heteroatoms. The maximum absolute atomic E-state index is 3.61. The van der Waals surface area contributed by atoms with Crippen molar-refractivity contribution in [2.45, 2.75) is 71.8 Å². The van der Waals surface area contributed by atoms with E-state index in [9.17, 15) is 0 Å². The van der Waals surface area contributed by atoms with E-state index >= 15 is 0 Å². The number of unbranched alkanes of at least 4 members (excludes halogenated alkanes) is 2. The molecule has 2 nitrogen and oxygen atoms in total. The van der Waals surface area contributed by atoms with Crippen molar-refractivity contribution in [1.29, 1.82) is 0 Å². The molecule has 0 aromatic heterocycles. The summed E-state index contributed by atoms with van der Waals surface area (Å²) < 4.78 is 0. The van der Waals surface area contributed by atoms with E-state index in [1.165, 1.54) is 71.1 Å². The maximum atomic E-state index is 3.61. The summed E-state index contributed by atoms with van der Waals surface area (Å²) in [6.45, 7) is 11.9. The number of nitrogens with one attached hydrogen (secondary N) is 1. The Bertz CT molecular complexity index is 186. The van der Waals surface area contributed by atoms with Crippen molar-refractivity contribution >= 4 is 0 Å². The van der Waals surface area contributed by atoms with Crippen LogP contribution in [-0.2, 0) is 0 Å². The Hall–Kier alpha value is -0.0800. The zero-order valence-corrected chi connectivity index (χ0v) is 12.9. The Morgan fingerprint density at radius 2 is 1.61 bits per heavy atom. The van der Waals surface area contributed by atoms with Crippen LogP contribution in [0, 0.1) is 5.92 Å². The second-order valence-corrected chi connectivity index (χ2v) is 5.85. The molecule has 0 aliphatic heterocycles. The minimum absolute atomic E-state index is 0.882. The summed E-state index contributed by atoms with van der Waals surface area (Å²) in [7, 11) is 0. The Morgan fingerprint density at radius 1 is 0.944 bits per heavy atom. The molecule has 0 heterocycles. The molecule has 1 aliphatic rings. The zero-order chi connectivity index (χ0) is 13.2. The SMILES string of the molecule is CCCCN(CCCC)C1CCC1CNCCC. The zero-order valence-electron chi connectivity index (χ0n) is 12.9. The summed E-state index contributed by atoms with van der Waals surface area (Å²) >= 11 is 0. The van der Waals surface area contributed by atoms with Crippen molar-refractivity contribution in [3.8, 4) is 0 Å². The van der Waals surface area contributed by atoms with Crippen LogP contribution in [0.1, 0.15) is 65.7 Å². The van der Waals surface area contributed by atoms with Crippen LogP contribution in [0.25, 0.3) is 0 Å². The molecule has 0 spiro atoms. The third-order valence-corrected chi connectivity index (χ3v) is 4.28. The second kappa shape index (κ2) is 9.80. The fourth-order valence-corrected chi connectivity index (χ4v) is 2.90. The molecule has 2 unspecified atom stereocenters. The molecule has 1 aliphatic carbocycles. The summed E-state index contributed by atoms with van der Waals surface area (Å²) in [6, 6.07) is 0.882. The van der Waals surface area contributed by atoms with E-state index in [-0.39, 0.29) is 0 Å². The van der Waals surface area contributed by atoms with Crippen LogP contribution in [0.4, 0.5) is 0 Å². The van der Waals surface area contributed by atoms with E-state index in [0.717, 1.165) is 12.0 Å². The van der Waals surface area contributed by atoms with E-state index in [2.05, 4.69) is 31.0 Å². The van der Waals surface area contributed by atoms with Gasteiger partial charge in [-0.25, -0.2) is 0 Å². The molecule has 0 bridgehead atoms. The Labute approximate surface area is 115 Å². The summed E-state index contributed by atoms with van der Waals surface area (Å²) in [5, 5.41) is 3.61. The molecule has 0 amide bonds. The standard InChI is InChI=1S/C16H34N2/c1-4-7-12-18(13-8-5-2)16-10-9-15(16)14-17-11-6-3/h15-17H,4-14H2,1-3H3. The van der Waals surface area contributed by atoms with E-state index in [0.29, 0.717) is 0 Å². The van der Waals surface area contributed by atoms with Gasteiger partial charge in [0.2, 0.25) is 0 Å². The maximum Gasteiger partial charge on any atom is 0.0136 e. The van der Waals surface area contributed by atoms with Gasteiger partial charge in [-0.05, 0) is 64.2 Å². The molecule has 2 atom stereocenters. The summed E-state index contributed by atoms with van der Waals surface area (Å²) in [4.78, 5) is 2.79. The molecule has 1 saturated carbocycles. The molecule has 108 valence electrons. The van der Waals surface area contributed by atoms with Gasteiger partial charge in [-0.2, -0.15) is 0 Å². The third-order valence-electron chi connectivity index (χ3n) is 4.28. The lowest BCUT2D eigenvalue weighted by atomic mass is 9.78. The predicted octanol–water partition coefficient (Wildman–Crippen LogP) is 3.67. The normalized spacial score (nSPS) is 23.3. The van der Waals surface area contributed by atoms with Crippen molar-refractivity contribution < 1.29 is 0 Å². The van der Waals surface area contributed by atoms with Crippen LogP contribution in [0.2, 0.25) is 0 Å². The topological polar surface area (TPSA) is 15.3 Å². The number of rotatable bonds is 11. The molecule has 0 aromatic rings. The predicted molar refractivity (Wildman–Crippen MR) is 81.1 cm³/mol. The lowest BCUT2D eigenvalue weighted by molar-refractivity contribution is 0.0593. The van der Waals surface area contributed by atoms with Crippen molar-refractivity contribution in [1.82, 2.24) is 10.2 Å². The number of nitrogens with zero attached hydrogens (tertiary/aromatic N) is 1. The van der Waals surface area contributed by atoms with Crippen molar-refractivity contribution in [2.75, 3.05) is 26.2 Å². The van der Waals surface area contributed by atoms with Gasteiger partial charge in [0.05, 0.1) is 0 Å². The van der Waals surface area contributed by atoms with Gasteiger partial charge in [0.15, 0.2) is 0 Å².